The summed E-state index contributed by atoms with van der Waals surface area (Å²) in [4.78, 5) is 14.6. The van der Waals surface area contributed by atoms with Gasteiger partial charge in [0, 0.05) is 29.5 Å². The van der Waals surface area contributed by atoms with E-state index in [1.807, 2.05) is 10.7 Å². The van der Waals surface area contributed by atoms with Gasteiger partial charge in [-0.15, -0.1) is 0 Å². The van der Waals surface area contributed by atoms with Crippen molar-refractivity contribution in [2.24, 2.45) is 5.92 Å². The molecule has 1 N–H and O–H groups in total. The molecule has 0 spiro atoms. The Balaban J connectivity index is 1.49. The molecule has 1 aromatic heterocycles. The zero-order valence-corrected chi connectivity index (χ0v) is 15.1. The lowest BCUT2D eigenvalue weighted by molar-refractivity contribution is 0.0602. The maximum absolute atomic E-state index is 12.1. The van der Waals surface area contributed by atoms with Gasteiger partial charge in [-0.3, -0.25) is 4.68 Å². The van der Waals surface area contributed by atoms with E-state index >= 15 is 0 Å². The summed E-state index contributed by atoms with van der Waals surface area (Å²) in [6.45, 7) is 5.17. The predicted octanol–water partition coefficient (Wildman–Crippen LogP) is 2.16. The molecule has 3 aliphatic rings. The number of hydrogen-bond donors (Lipinski definition) is 1. The highest BCUT2D eigenvalue weighted by Crippen LogP contribution is 2.28. The Bertz CT molecular complexity index is 783. The number of nitrogens with zero attached hydrogens (tertiary/aromatic N) is 3. The summed E-state index contributed by atoms with van der Waals surface area (Å²) < 4.78 is 6.76. The van der Waals surface area contributed by atoms with Crippen LogP contribution in [0.4, 0.5) is 0 Å². The first kappa shape index (κ1) is 16.8. The number of aromatic nitrogens is 2. The van der Waals surface area contributed by atoms with Gasteiger partial charge in [0.1, 0.15) is 0 Å². The van der Waals surface area contributed by atoms with Crippen molar-refractivity contribution in [3.05, 3.63) is 28.9 Å². The molecule has 3 fully saturated rings. The van der Waals surface area contributed by atoms with Crippen LogP contribution in [0, 0.1) is 5.92 Å². The fraction of sp³-hybridized carbons (Fsp3) is 0.556. The van der Waals surface area contributed by atoms with Gasteiger partial charge in [-0.05, 0) is 44.0 Å². The fourth-order valence-electron chi connectivity index (χ4n) is 4.18. The summed E-state index contributed by atoms with van der Waals surface area (Å²) in [5.74, 6) is 0.406. The van der Waals surface area contributed by atoms with Crippen LogP contribution in [0.1, 0.15) is 23.2 Å². The molecule has 0 amide bonds. The van der Waals surface area contributed by atoms with Crippen LogP contribution < -0.4 is 5.32 Å². The summed E-state index contributed by atoms with van der Waals surface area (Å²) >= 11 is 6.11. The van der Waals surface area contributed by atoms with E-state index < -0.39 is 0 Å². The number of piperidine rings is 3. The largest absolute Gasteiger partial charge is 0.465 e. The number of halogens is 1. The first-order valence-corrected chi connectivity index (χ1v) is 9.22. The molecular weight excluding hydrogens is 340 g/mol. The Morgan fingerprint density at radius 2 is 2.20 bits per heavy atom. The summed E-state index contributed by atoms with van der Waals surface area (Å²) in [6, 6.07) is 4.04. The molecule has 4 heterocycles. The minimum Gasteiger partial charge on any atom is -0.465 e. The topological polar surface area (TPSA) is 59.4 Å². The van der Waals surface area contributed by atoms with Crippen molar-refractivity contribution in [2.75, 3.05) is 33.3 Å². The maximum atomic E-state index is 12.1. The number of fused-ring (bicyclic) bond motifs is 4. The van der Waals surface area contributed by atoms with Crippen molar-refractivity contribution in [1.29, 1.82) is 0 Å². The van der Waals surface area contributed by atoms with Gasteiger partial charge >= 0.3 is 5.97 Å². The number of benzene rings is 1. The molecule has 1 unspecified atom stereocenters. The summed E-state index contributed by atoms with van der Waals surface area (Å²) in [7, 11) is 1.38. The average Bonchev–Trinajstić information content (AvgIpc) is 3.04. The molecular formula is C18H23ClN4O2. The highest BCUT2D eigenvalue weighted by atomic mass is 35.5. The van der Waals surface area contributed by atoms with E-state index in [0.717, 1.165) is 29.9 Å². The number of carbonyl (C=O) groups excluding carboxylic acids is 1. The third kappa shape index (κ3) is 3.26. The average molecular weight is 363 g/mol. The normalized spacial score (nSPS) is 25.4. The molecule has 1 atom stereocenters. The Kier molecular flexibility index (Phi) is 4.67. The number of nitrogens with one attached hydrogen (secondary N) is 1. The zero-order valence-electron chi connectivity index (χ0n) is 14.4. The zero-order chi connectivity index (χ0) is 17.4. The van der Waals surface area contributed by atoms with Gasteiger partial charge in [0.15, 0.2) is 0 Å². The van der Waals surface area contributed by atoms with Gasteiger partial charge in [-0.1, -0.05) is 11.6 Å². The molecule has 6 nitrogen and oxygen atoms in total. The molecule has 2 bridgehead atoms. The lowest BCUT2D eigenvalue weighted by Gasteiger charge is -2.45. The molecule has 25 heavy (non-hydrogen) atoms. The molecule has 5 rings (SSSR count). The van der Waals surface area contributed by atoms with E-state index in [2.05, 4.69) is 15.3 Å². The standard InChI is InChI=1S/C18H23ClN4O2/c1-25-18(24)15-9-14(19)8-13-10-21-23(17(13)15)7-4-20-16-11-22-5-2-12(16)3-6-22/h8-10,12,16,20H,2-7,11H2,1H3. The van der Waals surface area contributed by atoms with Crippen LogP contribution in [-0.4, -0.2) is 60.0 Å². The first-order chi connectivity index (χ1) is 12.2. The molecule has 134 valence electrons. The van der Waals surface area contributed by atoms with E-state index in [0.29, 0.717) is 23.2 Å². The van der Waals surface area contributed by atoms with E-state index in [4.69, 9.17) is 16.3 Å². The first-order valence-electron chi connectivity index (χ1n) is 8.85. The number of rotatable bonds is 5. The van der Waals surface area contributed by atoms with Crippen LogP contribution in [0.5, 0.6) is 0 Å². The van der Waals surface area contributed by atoms with Crippen LogP contribution in [0.2, 0.25) is 5.02 Å². The fourth-order valence-corrected chi connectivity index (χ4v) is 4.41. The molecule has 0 aliphatic carbocycles. The second-order valence-electron chi connectivity index (χ2n) is 6.95. The molecule has 0 radical (unpaired) electrons. The third-order valence-corrected chi connectivity index (χ3v) is 5.71. The molecule has 2 aromatic rings. The smallest absolute Gasteiger partial charge is 0.340 e. The highest BCUT2D eigenvalue weighted by molar-refractivity contribution is 6.32. The SMILES string of the molecule is COC(=O)c1cc(Cl)cc2cnn(CCNC3CN4CCC3CC4)c12. The number of methoxy groups -OCH3 is 1. The van der Waals surface area contributed by atoms with Gasteiger partial charge < -0.3 is 15.0 Å². The van der Waals surface area contributed by atoms with Crippen molar-refractivity contribution >= 4 is 28.5 Å². The van der Waals surface area contributed by atoms with Crippen molar-refractivity contribution in [3.8, 4) is 0 Å². The summed E-state index contributed by atoms with van der Waals surface area (Å²) in [5, 5.41) is 9.50. The van der Waals surface area contributed by atoms with Gasteiger partial charge in [-0.25, -0.2) is 4.79 Å². The highest BCUT2D eigenvalue weighted by Gasteiger charge is 2.33. The Hall–Kier alpha value is -1.63. The van der Waals surface area contributed by atoms with E-state index in [9.17, 15) is 4.79 Å². The Labute approximate surface area is 152 Å². The number of ether oxygens (including phenoxy) is 1. The van der Waals surface area contributed by atoms with Gasteiger partial charge in [0.25, 0.3) is 0 Å². The van der Waals surface area contributed by atoms with E-state index in [1.165, 1.54) is 33.0 Å². The predicted molar refractivity (Wildman–Crippen MR) is 97.0 cm³/mol. The van der Waals surface area contributed by atoms with Crippen molar-refractivity contribution < 1.29 is 9.53 Å². The molecule has 0 saturated carbocycles. The van der Waals surface area contributed by atoms with Gasteiger partial charge in [0.2, 0.25) is 0 Å². The molecule has 7 heteroatoms. The van der Waals surface area contributed by atoms with Crippen LogP contribution in [0.25, 0.3) is 10.9 Å². The minimum atomic E-state index is -0.389. The summed E-state index contributed by atoms with van der Waals surface area (Å²) in [5.41, 5.74) is 1.25. The van der Waals surface area contributed by atoms with E-state index in [-0.39, 0.29) is 5.97 Å². The minimum absolute atomic E-state index is 0.389. The molecule has 3 aliphatic heterocycles. The molecule has 1 aromatic carbocycles. The number of carbonyl (C=O) groups is 1. The lowest BCUT2D eigenvalue weighted by atomic mass is 9.84. The number of hydrogen-bond acceptors (Lipinski definition) is 5. The number of esters is 1. The monoisotopic (exact) mass is 362 g/mol. The van der Waals surface area contributed by atoms with Crippen LogP contribution in [0.3, 0.4) is 0 Å². The summed E-state index contributed by atoms with van der Waals surface area (Å²) in [6.07, 6.45) is 4.35. The van der Waals surface area contributed by atoms with Crippen LogP contribution in [0.15, 0.2) is 18.3 Å². The van der Waals surface area contributed by atoms with Gasteiger partial charge in [-0.2, -0.15) is 5.10 Å². The second-order valence-corrected chi connectivity index (χ2v) is 7.39. The molecule has 3 saturated heterocycles. The lowest BCUT2D eigenvalue weighted by Crippen LogP contribution is -2.56. The Morgan fingerprint density at radius 3 is 2.88 bits per heavy atom. The van der Waals surface area contributed by atoms with Crippen molar-refractivity contribution in [3.63, 3.8) is 0 Å². The van der Waals surface area contributed by atoms with Gasteiger partial charge in [0.05, 0.1) is 30.9 Å². The van der Waals surface area contributed by atoms with Crippen LogP contribution >= 0.6 is 11.6 Å². The van der Waals surface area contributed by atoms with Crippen LogP contribution in [-0.2, 0) is 11.3 Å². The quantitative estimate of drug-likeness (QED) is 0.826. The van der Waals surface area contributed by atoms with Crippen molar-refractivity contribution in [2.45, 2.75) is 25.4 Å². The third-order valence-electron chi connectivity index (χ3n) is 5.49. The second kappa shape index (κ2) is 6.94. The van der Waals surface area contributed by atoms with E-state index in [1.54, 1.807) is 12.3 Å². The Morgan fingerprint density at radius 1 is 1.40 bits per heavy atom. The van der Waals surface area contributed by atoms with Crippen molar-refractivity contribution in [1.82, 2.24) is 20.0 Å². The maximum Gasteiger partial charge on any atom is 0.340 e.